The molecule has 0 bridgehead atoms. The Kier molecular flexibility index (Phi) is 4.07. The van der Waals surface area contributed by atoms with Gasteiger partial charge in [0, 0.05) is 13.1 Å². The molecule has 1 saturated heterocycles. The molecule has 0 saturated carbocycles. The Bertz CT molecular complexity index is 434. The lowest BCUT2D eigenvalue weighted by Gasteiger charge is -2.31. The number of benzene rings is 1. The van der Waals surface area contributed by atoms with Gasteiger partial charge in [0.25, 0.3) is 0 Å². The summed E-state index contributed by atoms with van der Waals surface area (Å²) in [7, 11) is 0. The second-order valence-electron chi connectivity index (χ2n) is 5.18. The number of hydrogen-bond donors (Lipinski definition) is 2. The number of rotatable bonds is 4. The van der Waals surface area contributed by atoms with Crippen LogP contribution in [-0.2, 0) is 11.3 Å². The highest BCUT2D eigenvalue weighted by atomic mass is 16.5. The van der Waals surface area contributed by atoms with Crippen LogP contribution in [0.25, 0.3) is 0 Å². The van der Waals surface area contributed by atoms with Gasteiger partial charge in [0.2, 0.25) is 0 Å². The molecular weight excluding hydrogens is 244 g/mol. The Morgan fingerprint density at radius 2 is 2.16 bits per heavy atom. The summed E-state index contributed by atoms with van der Waals surface area (Å²) in [6, 6.07) is 9.89. The second-order valence-corrected chi connectivity index (χ2v) is 5.18. The molecule has 1 aromatic rings. The molecule has 5 nitrogen and oxygen atoms in total. The van der Waals surface area contributed by atoms with E-state index < -0.39 is 11.8 Å². The highest BCUT2D eigenvalue weighted by molar-refractivity contribution is 5.66. The number of amides is 1. The normalized spacial score (nSPS) is 21.6. The van der Waals surface area contributed by atoms with E-state index in [0.717, 1.165) is 6.54 Å². The molecule has 0 radical (unpaired) electrons. The summed E-state index contributed by atoms with van der Waals surface area (Å²) in [5, 5.41) is 12.5. The summed E-state index contributed by atoms with van der Waals surface area (Å²) in [6.07, 6.45) is -0.936. The Hall–Kier alpha value is -1.59. The van der Waals surface area contributed by atoms with E-state index >= 15 is 0 Å². The third-order valence-electron chi connectivity index (χ3n) is 3.33. The molecule has 1 amide bonds. The van der Waals surface area contributed by atoms with Crippen molar-refractivity contribution in [2.24, 2.45) is 0 Å². The SMILES string of the molecule is CC1(C)OC[C@H](CNCc2ccccc2)N1C(=O)O. The number of carboxylic acid groups (broad SMARTS) is 1. The van der Waals surface area contributed by atoms with Crippen molar-refractivity contribution >= 4 is 6.09 Å². The van der Waals surface area contributed by atoms with Crippen molar-refractivity contribution in [2.75, 3.05) is 13.2 Å². The minimum atomic E-state index is -0.936. The van der Waals surface area contributed by atoms with E-state index in [1.54, 1.807) is 13.8 Å². The van der Waals surface area contributed by atoms with Gasteiger partial charge in [0.15, 0.2) is 0 Å². The quantitative estimate of drug-likeness (QED) is 0.871. The predicted octanol–water partition coefficient (Wildman–Crippen LogP) is 1.89. The van der Waals surface area contributed by atoms with Gasteiger partial charge in [-0.2, -0.15) is 0 Å². The molecule has 0 unspecified atom stereocenters. The van der Waals surface area contributed by atoms with Gasteiger partial charge in [-0.3, -0.25) is 4.90 Å². The fraction of sp³-hybridized carbons (Fsp3) is 0.500. The van der Waals surface area contributed by atoms with Gasteiger partial charge in [0.05, 0.1) is 12.6 Å². The average molecular weight is 264 g/mol. The molecule has 0 spiro atoms. The van der Waals surface area contributed by atoms with E-state index in [4.69, 9.17) is 4.74 Å². The molecule has 2 N–H and O–H groups in total. The van der Waals surface area contributed by atoms with Gasteiger partial charge in [-0.05, 0) is 19.4 Å². The van der Waals surface area contributed by atoms with Gasteiger partial charge in [-0.1, -0.05) is 30.3 Å². The summed E-state index contributed by atoms with van der Waals surface area (Å²) in [4.78, 5) is 12.7. The van der Waals surface area contributed by atoms with E-state index in [9.17, 15) is 9.90 Å². The van der Waals surface area contributed by atoms with E-state index in [-0.39, 0.29) is 6.04 Å². The zero-order valence-electron chi connectivity index (χ0n) is 11.3. The lowest BCUT2D eigenvalue weighted by Crippen LogP contribution is -2.50. The Morgan fingerprint density at radius 1 is 1.47 bits per heavy atom. The molecule has 0 aromatic heterocycles. The molecule has 104 valence electrons. The van der Waals surface area contributed by atoms with E-state index in [1.807, 2.05) is 30.3 Å². The summed E-state index contributed by atoms with van der Waals surface area (Å²) in [6.45, 7) is 5.30. The largest absolute Gasteiger partial charge is 0.465 e. The molecule has 19 heavy (non-hydrogen) atoms. The fourth-order valence-corrected chi connectivity index (χ4v) is 2.40. The lowest BCUT2D eigenvalue weighted by atomic mass is 10.2. The van der Waals surface area contributed by atoms with Crippen LogP contribution >= 0.6 is 0 Å². The van der Waals surface area contributed by atoms with Crippen molar-refractivity contribution in [3.8, 4) is 0 Å². The van der Waals surface area contributed by atoms with Gasteiger partial charge >= 0.3 is 6.09 Å². The molecule has 0 aliphatic carbocycles. The topological polar surface area (TPSA) is 61.8 Å². The number of carbonyl (C=O) groups is 1. The summed E-state index contributed by atoms with van der Waals surface area (Å²) in [5.41, 5.74) is 0.438. The third-order valence-corrected chi connectivity index (χ3v) is 3.33. The van der Waals surface area contributed by atoms with Crippen LogP contribution in [0.3, 0.4) is 0 Å². The first-order valence-electron chi connectivity index (χ1n) is 6.41. The van der Waals surface area contributed by atoms with Crippen molar-refractivity contribution in [1.29, 1.82) is 0 Å². The first-order chi connectivity index (χ1) is 9.00. The average Bonchev–Trinajstić information content (AvgIpc) is 2.66. The van der Waals surface area contributed by atoms with Crippen molar-refractivity contribution in [1.82, 2.24) is 10.2 Å². The number of nitrogens with zero attached hydrogens (tertiary/aromatic N) is 1. The van der Waals surface area contributed by atoms with Crippen LogP contribution in [-0.4, -0.2) is 41.0 Å². The monoisotopic (exact) mass is 264 g/mol. The number of ether oxygens (including phenoxy) is 1. The second kappa shape index (κ2) is 5.59. The van der Waals surface area contributed by atoms with Crippen molar-refractivity contribution in [3.05, 3.63) is 35.9 Å². The highest BCUT2D eigenvalue weighted by Gasteiger charge is 2.43. The molecule has 1 fully saturated rings. The highest BCUT2D eigenvalue weighted by Crippen LogP contribution is 2.26. The standard InChI is InChI=1S/C14H20N2O3/c1-14(2)16(13(17)18)12(10-19-14)9-15-8-11-6-4-3-5-7-11/h3-7,12,15H,8-10H2,1-2H3,(H,17,18)/t12-/m0/s1. The van der Waals surface area contributed by atoms with Crippen LogP contribution in [0.1, 0.15) is 19.4 Å². The van der Waals surface area contributed by atoms with Crippen molar-refractivity contribution in [2.45, 2.75) is 32.2 Å². The molecular formula is C14H20N2O3. The van der Waals surface area contributed by atoms with Crippen LogP contribution in [0.2, 0.25) is 0 Å². The maximum absolute atomic E-state index is 11.3. The van der Waals surface area contributed by atoms with Crippen LogP contribution in [0, 0.1) is 0 Å². The maximum Gasteiger partial charge on any atom is 0.409 e. The summed E-state index contributed by atoms with van der Waals surface area (Å²) < 4.78 is 5.53. The molecule has 1 aliphatic heterocycles. The van der Waals surface area contributed by atoms with E-state index in [0.29, 0.717) is 13.2 Å². The zero-order chi connectivity index (χ0) is 13.9. The van der Waals surface area contributed by atoms with E-state index in [1.165, 1.54) is 10.5 Å². The van der Waals surface area contributed by atoms with Gasteiger partial charge in [-0.15, -0.1) is 0 Å². The summed E-state index contributed by atoms with van der Waals surface area (Å²) >= 11 is 0. The molecule has 2 rings (SSSR count). The first-order valence-corrected chi connectivity index (χ1v) is 6.41. The minimum absolute atomic E-state index is 0.142. The van der Waals surface area contributed by atoms with Gasteiger partial charge in [0.1, 0.15) is 5.72 Å². The number of nitrogens with one attached hydrogen (secondary N) is 1. The predicted molar refractivity (Wildman–Crippen MR) is 71.8 cm³/mol. The third kappa shape index (κ3) is 3.24. The Labute approximate surface area is 113 Å². The lowest BCUT2D eigenvalue weighted by molar-refractivity contribution is -0.0419. The van der Waals surface area contributed by atoms with E-state index in [2.05, 4.69) is 5.32 Å². The summed E-state index contributed by atoms with van der Waals surface area (Å²) in [5.74, 6) is 0. The Balaban J connectivity index is 1.88. The number of hydrogen-bond acceptors (Lipinski definition) is 3. The van der Waals surface area contributed by atoms with Crippen molar-refractivity contribution in [3.63, 3.8) is 0 Å². The van der Waals surface area contributed by atoms with Crippen molar-refractivity contribution < 1.29 is 14.6 Å². The molecule has 1 atom stereocenters. The first kappa shape index (κ1) is 13.8. The molecule has 1 aromatic carbocycles. The van der Waals surface area contributed by atoms with Gasteiger partial charge < -0.3 is 15.2 Å². The zero-order valence-corrected chi connectivity index (χ0v) is 11.3. The maximum atomic E-state index is 11.3. The smallest absolute Gasteiger partial charge is 0.409 e. The van der Waals surface area contributed by atoms with Gasteiger partial charge in [-0.25, -0.2) is 4.79 Å². The fourth-order valence-electron chi connectivity index (χ4n) is 2.40. The van der Waals surface area contributed by atoms with Crippen LogP contribution in [0.15, 0.2) is 30.3 Å². The Morgan fingerprint density at radius 3 is 2.79 bits per heavy atom. The molecule has 5 heteroatoms. The van der Waals surface area contributed by atoms with Crippen LogP contribution < -0.4 is 5.32 Å². The molecule has 1 heterocycles. The minimum Gasteiger partial charge on any atom is -0.465 e. The van der Waals surface area contributed by atoms with Crippen LogP contribution in [0.4, 0.5) is 4.79 Å². The van der Waals surface area contributed by atoms with Crippen LogP contribution in [0.5, 0.6) is 0 Å². The molecule has 1 aliphatic rings.